The second-order valence-electron chi connectivity index (χ2n) is 2.54. The summed E-state index contributed by atoms with van der Waals surface area (Å²) in [6.07, 6.45) is 3.12. The number of ether oxygens (including phenoxy) is 1. The van der Waals surface area contributed by atoms with E-state index in [1.54, 1.807) is 7.11 Å². The van der Waals surface area contributed by atoms with Gasteiger partial charge in [0.15, 0.2) is 0 Å². The molecule has 72 valence electrons. The van der Waals surface area contributed by atoms with Gasteiger partial charge in [0.25, 0.3) is 0 Å². The number of nitrogens with one attached hydrogen (secondary N) is 1. The average molecular weight is 194 g/mol. The van der Waals surface area contributed by atoms with Gasteiger partial charge in [-0.2, -0.15) is 0 Å². The molecule has 0 aliphatic rings. The Labute approximate surface area is 78.4 Å². The van der Waals surface area contributed by atoms with Crippen molar-refractivity contribution in [1.29, 1.82) is 0 Å². The molecule has 1 amide bonds. The van der Waals surface area contributed by atoms with E-state index in [2.05, 4.69) is 5.32 Å². The lowest BCUT2D eigenvalue weighted by Gasteiger charge is -2.02. The first-order chi connectivity index (χ1) is 5.81. The Kier molecular flexibility index (Phi) is 8.61. The summed E-state index contributed by atoms with van der Waals surface area (Å²) in [5.74, 6) is -0.0404. The summed E-state index contributed by atoms with van der Waals surface area (Å²) in [7, 11) is 1.69. The third-order valence-electron chi connectivity index (χ3n) is 1.47. The predicted molar refractivity (Wildman–Crippen MR) is 49.5 cm³/mol. The fourth-order valence-electron chi connectivity index (χ4n) is 0.823. The number of amides is 1. The summed E-state index contributed by atoms with van der Waals surface area (Å²) < 4.78 is 4.88. The zero-order chi connectivity index (χ0) is 9.23. The molecule has 0 rings (SSSR count). The lowest BCUT2D eigenvalue weighted by molar-refractivity contribution is -0.118. The number of methoxy groups -OCH3 is 1. The number of hydrogen-bond acceptors (Lipinski definition) is 2. The van der Waals surface area contributed by atoms with Crippen LogP contribution in [0.4, 0.5) is 0 Å². The highest BCUT2D eigenvalue weighted by Gasteiger charge is 1.95. The summed E-state index contributed by atoms with van der Waals surface area (Å²) >= 11 is 5.28. The monoisotopic (exact) mass is 193 g/mol. The molecule has 0 aromatic rings. The predicted octanol–water partition coefficient (Wildman–Crippen LogP) is 1.16. The van der Waals surface area contributed by atoms with E-state index < -0.39 is 0 Å². The molecule has 0 radical (unpaired) electrons. The van der Waals surface area contributed by atoms with Crippen LogP contribution in [0, 0.1) is 0 Å². The van der Waals surface area contributed by atoms with Crippen molar-refractivity contribution in [2.45, 2.75) is 19.3 Å². The molecular weight excluding hydrogens is 178 g/mol. The van der Waals surface area contributed by atoms with E-state index in [0.29, 0.717) is 0 Å². The van der Waals surface area contributed by atoms with Gasteiger partial charge in [-0.05, 0) is 19.3 Å². The molecule has 0 saturated heterocycles. The van der Waals surface area contributed by atoms with Crippen molar-refractivity contribution in [2.75, 3.05) is 26.1 Å². The minimum absolute atomic E-state index is 0.0536. The molecule has 0 aliphatic carbocycles. The number of carbonyl (C=O) groups excluding carboxylic acids is 1. The van der Waals surface area contributed by atoms with Crippen LogP contribution in [0.1, 0.15) is 19.3 Å². The number of alkyl halides is 1. The van der Waals surface area contributed by atoms with Gasteiger partial charge >= 0.3 is 0 Å². The van der Waals surface area contributed by atoms with Gasteiger partial charge in [-0.3, -0.25) is 4.79 Å². The quantitative estimate of drug-likeness (QED) is 0.487. The normalized spacial score (nSPS) is 9.83. The van der Waals surface area contributed by atoms with Gasteiger partial charge in [0.2, 0.25) is 5.91 Å². The SMILES string of the molecule is COCCCCCNC(=O)CCl. The van der Waals surface area contributed by atoms with Crippen LogP contribution in [0.3, 0.4) is 0 Å². The third-order valence-corrected chi connectivity index (χ3v) is 1.71. The van der Waals surface area contributed by atoms with E-state index in [-0.39, 0.29) is 11.8 Å². The molecule has 0 aliphatic heterocycles. The maximum atomic E-state index is 10.6. The van der Waals surface area contributed by atoms with Gasteiger partial charge < -0.3 is 10.1 Å². The molecule has 3 nitrogen and oxygen atoms in total. The lowest BCUT2D eigenvalue weighted by Crippen LogP contribution is -2.25. The molecule has 0 aromatic carbocycles. The Morgan fingerprint density at radius 1 is 1.42 bits per heavy atom. The van der Waals surface area contributed by atoms with E-state index in [0.717, 1.165) is 32.4 Å². The van der Waals surface area contributed by atoms with Crippen LogP contribution < -0.4 is 5.32 Å². The van der Waals surface area contributed by atoms with E-state index >= 15 is 0 Å². The number of unbranched alkanes of at least 4 members (excludes halogenated alkanes) is 2. The highest BCUT2D eigenvalue weighted by atomic mass is 35.5. The molecule has 0 heterocycles. The second-order valence-corrected chi connectivity index (χ2v) is 2.80. The van der Waals surface area contributed by atoms with E-state index in [4.69, 9.17) is 16.3 Å². The van der Waals surface area contributed by atoms with Crippen LogP contribution in [0.5, 0.6) is 0 Å². The third kappa shape index (κ3) is 7.82. The highest BCUT2D eigenvalue weighted by molar-refractivity contribution is 6.27. The Bertz CT molecular complexity index is 120. The zero-order valence-corrected chi connectivity index (χ0v) is 8.19. The first kappa shape index (κ1) is 11.7. The van der Waals surface area contributed by atoms with Crippen molar-refractivity contribution in [3.05, 3.63) is 0 Å². The zero-order valence-electron chi connectivity index (χ0n) is 7.44. The Morgan fingerprint density at radius 3 is 2.75 bits per heavy atom. The van der Waals surface area contributed by atoms with Gasteiger partial charge in [-0.25, -0.2) is 0 Å². The van der Waals surface area contributed by atoms with Gasteiger partial charge in [0, 0.05) is 20.3 Å². The van der Waals surface area contributed by atoms with Crippen LogP contribution in [-0.2, 0) is 9.53 Å². The fourth-order valence-corrected chi connectivity index (χ4v) is 0.918. The first-order valence-electron chi connectivity index (χ1n) is 4.13. The topological polar surface area (TPSA) is 38.3 Å². The van der Waals surface area contributed by atoms with Crippen molar-refractivity contribution in [2.24, 2.45) is 0 Å². The van der Waals surface area contributed by atoms with Gasteiger partial charge in [0.1, 0.15) is 5.88 Å². The number of rotatable bonds is 7. The molecule has 0 unspecified atom stereocenters. The van der Waals surface area contributed by atoms with Crippen LogP contribution >= 0.6 is 11.6 Å². The number of hydrogen-bond donors (Lipinski definition) is 1. The Hall–Kier alpha value is -0.280. The van der Waals surface area contributed by atoms with E-state index in [9.17, 15) is 4.79 Å². The summed E-state index contributed by atoms with van der Waals surface area (Å²) in [6, 6.07) is 0. The smallest absolute Gasteiger partial charge is 0.234 e. The number of carbonyl (C=O) groups is 1. The molecule has 4 heteroatoms. The van der Waals surface area contributed by atoms with Crippen molar-refractivity contribution in [1.82, 2.24) is 5.32 Å². The molecule has 1 N–H and O–H groups in total. The van der Waals surface area contributed by atoms with Crippen molar-refractivity contribution in [3.63, 3.8) is 0 Å². The van der Waals surface area contributed by atoms with Crippen LogP contribution in [0.2, 0.25) is 0 Å². The molecule has 12 heavy (non-hydrogen) atoms. The van der Waals surface area contributed by atoms with Crippen LogP contribution in [-0.4, -0.2) is 32.0 Å². The summed E-state index contributed by atoms with van der Waals surface area (Å²) in [4.78, 5) is 10.6. The second kappa shape index (κ2) is 8.81. The summed E-state index contributed by atoms with van der Waals surface area (Å²) in [5, 5.41) is 2.70. The molecule has 0 atom stereocenters. The van der Waals surface area contributed by atoms with Crippen molar-refractivity contribution >= 4 is 17.5 Å². The molecule has 0 fully saturated rings. The first-order valence-corrected chi connectivity index (χ1v) is 4.66. The van der Waals surface area contributed by atoms with E-state index in [1.165, 1.54) is 0 Å². The molecular formula is C8H16ClNO2. The lowest BCUT2D eigenvalue weighted by atomic mass is 10.2. The fraction of sp³-hybridized carbons (Fsp3) is 0.875. The van der Waals surface area contributed by atoms with Gasteiger partial charge in [0.05, 0.1) is 0 Å². The standard InChI is InChI=1S/C8H16ClNO2/c1-12-6-4-2-3-5-10-8(11)7-9/h2-7H2,1H3,(H,10,11). The molecule has 0 saturated carbocycles. The average Bonchev–Trinajstić information content (AvgIpc) is 2.10. The molecule has 0 spiro atoms. The Balaban J connectivity index is 2.95. The van der Waals surface area contributed by atoms with Crippen LogP contribution in [0.15, 0.2) is 0 Å². The van der Waals surface area contributed by atoms with Crippen LogP contribution in [0.25, 0.3) is 0 Å². The van der Waals surface area contributed by atoms with Crippen molar-refractivity contribution in [3.8, 4) is 0 Å². The number of halogens is 1. The largest absolute Gasteiger partial charge is 0.385 e. The highest BCUT2D eigenvalue weighted by Crippen LogP contribution is 1.93. The van der Waals surface area contributed by atoms with Gasteiger partial charge in [-0.15, -0.1) is 11.6 Å². The summed E-state index contributed by atoms with van der Waals surface area (Å²) in [5.41, 5.74) is 0. The van der Waals surface area contributed by atoms with Crippen molar-refractivity contribution < 1.29 is 9.53 Å². The van der Waals surface area contributed by atoms with E-state index in [1.807, 2.05) is 0 Å². The molecule has 0 aromatic heterocycles. The minimum Gasteiger partial charge on any atom is -0.385 e. The van der Waals surface area contributed by atoms with Gasteiger partial charge in [-0.1, -0.05) is 0 Å². The maximum absolute atomic E-state index is 10.6. The molecule has 0 bridgehead atoms. The Morgan fingerprint density at radius 2 is 2.17 bits per heavy atom. The summed E-state index contributed by atoms with van der Waals surface area (Å²) in [6.45, 7) is 1.51. The minimum atomic E-state index is -0.0941. The maximum Gasteiger partial charge on any atom is 0.234 e.